The number of nitrogens with one attached hydrogen (secondary N) is 3. The summed E-state index contributed by atoms with van der Waals surface area (Å²) in [4.78, 5) is 28.4. The van der Waals surface area contributed by atoms with Crippen molar-refractivity contribution >= 4 is 24.3 Å². The maximum atomic E-state index is 13.3. The first-order valence-electron chi connectivity index (χ1n) is 11.5. The molecule has 0 spiro atoms. The highest BCUT2D eigenvalue weighted by molar-refractivity contribution is 5.86. The van der Waals surface area contributed by atoms with Crippen molar-refractivity contribution in [2.45, 2.75) is 30.7 Å². The van der Waals surface area contributed by atoms with E-state index in [0.717, 1.165) is 30.1 Å². The Morgan fingerprint density at radius 2 is 1.64 bits per heavy atom. The van der Waals surface area contributed by atoms with Crippen molar-refractivity contribution < 1.29 is 14.3 Å². The molecule has 2 aromatic rings. The van der Waals surface area contributed by atoms with Gasteiger partial charge in [-0.25, -0.2) is 4.90 Å². The lowest BCUT2D eigenvalue weighted by Gasteiger charge is -2.44. The minimum absolute atomic E-state index is 0. The molecule has 1 aliphatic carbocycles. The first kappa shape index (κ1) is 23.7. The number of nitrogens with zero attached hydrogens (tertiary/aromatic N) is 1. The van der Waals surface area contributed by atoms with Crippen molar-refractivity contribution in [2.75, 3.05) is 32.7 Å². The number of amides is 1. The number of fused-ring (bicyclic) bond motifs is 1. The van der Waals surface area contributed by atoms with Gasteiger partial charge in [0.1, 0.15) is 12.1 Å². The SMILES string of the molecule is Cl.O=C(NCCNCC1CC1)C1CNCC2C(=O)OC(c3ccccc3)(c3ccccc3)N12. The van der Waals surface area contributed by atoms with Crippen LogP contribution in [0.15, 0.2) is 60.7 Å². The molecule has 1 saturated carbocycles. The Morgan fingerprint density at radius 1 is 1.00 bits per heavy atom. The molecule has 8 heteroatoms. The van der Waals surface area contributed by atoms with Gasteiger partial charge in [0.25, 0.3) is 0 Å². The van der Waals surface area contributed by atoms with Crippen molar-refractivity contribution in [3.63, 3.8) is 0 Å². The van der Waals surface area contributed by atoms with E-state index in [9.17, 15) is 9.59 Å². The summed E-state index contributed by atoms with van der Waals surface area (Å²) in [6, 6.07) is 18.4. The molecule has 1 amide bonds. The predicted octanol–water partition coefficient (Wildman–Crippen LogP) is 1.62. The Hall–Kier alpha value is -2.45. The van der Waals surface area contributed by atoms with Crippen LogP contribution in [0.1, 0.15) is 24.0 Å². The molecule has 3 fully saturated rings. The van der Waals surface area contributed by atoms with Crippen LogP contribution in [0.25, 0.3) is 0 Å². The lowest BCUT2D eigenvalue weighted by atomic mass is 9.90. The summed E-state index contributed by atoms with van der Waals surface area (Å²) in [6.45, 7) is 3.22. The monoisotopic (exact) mass is 470 g/mol. The Balaban J connectivity index is 0.00000259. The molecule has 176 valence electrons. The predicted molar refractivity (Wildman–Crippen MR) is 128 cm³/mol. The number of esters is 1. The quantitative estimate of drug-likeness (QED) is 0.402. The van der Waals surface area contributed by atoms with Crippen LogP contribution >= 0.6 is 12.4 Å². The van der Waals surface area contributed by atoms with E-state index in [2.05, 4.69) is 16.0 Å². The van der Waals surface area contributed by atoms with E-state index in [4.69, 9.17) is 4.74 Å². The Kier molecular flexibility index (Phi) is 7.34. The number of hydrogen-bond donors (Lipinski definition) is 3. The molecule has 2 aliphatic heterocycles. The van der Waals surface area contributed by atoms with Crippen LogP contribution in [0, 0.1) is 5.92 Å². The number of ether oxygens (including phenoxy) is 1. The zero-order chi connectivity index (χ0) is 22.0. The van der Waals surface area contributed by atoms with Gasteiger partial charge in [-0.1, -0.05) is 60.7 Å². The molecule has 7 nitrogen and oxygen atoms in total. The molecule has 0 bridgehead atoms. The summed E-state index contributed by atoms with van der Waals surface area (Å²) < 4.78 is 6.18. The summed E-state index contributed by atoms with van der Waals surface area (Å²) in [7, 11) is 0. The molecule has 2 saturated heterocycles. The number of cyclic esters (lactones) is 1. The summed E-state index contributed by atoms with van der Waals surface area (Å²) in [5.41, 5.74) is 0.541. The fraction of sp³-hybridized carbons (Fsp3) is 0.440. The van der Waals surface area contributed by atoms with Gasteiger partial charge in [0.05, 0.1) is 0 Å². The van der Waals surface area contributed by atoms with Crippen LogP contribution < -0.4 is 16.0 Å². The molecule has 2 atom stereocenters. The standard InChI is InChI=1S/C25H30N4O3.ClH/c30-23(28-14-13-26-15-18-11-12-18)21-16-27-17-22-24(31)32-25(29(21)22,19-7-3-1-4-8-19)20-9-5-2-6-10-20;/h1-10,18,21-22,26-27H,11-17H2,(H,28,30);1H. The number of hydrogen-bond acceptors (Lipinski definition) is 6. The molecule has 0 radical (unpaired) electrons. The van der Waals surface area contributed by atoms with Crippen LogP contribution in [-0.2, 0) is 20.1 Å². The van der Waals surface area contributed by atoms with Crippen LogP contribution in [0.3, 0.4) is 0 Å². The molecular weight excluding hydrogens is 440 g/mol. The first-order valence-corrected chi connectivity index (χ1v) is 11.5. The number of rotatable bonds is 8. The smallest absolute Gasteiger partial charge is 0.327 e. The van der Waals surface area contributed by atoms with Gasteiger partial charge in [-0.2, -0.15) is 0 Å². The van der Waals surface area contributed by atoms with Gasteiger partial charge >= 0.3 is 5.97 Å². The highest BCUT2D eigenvalue weighted by atomic mass is 35.5. The minimum Gasteiger partial charge on any atom is -0.434 e. The van der Waals surface area contributed by atoms with E-state index in [-0.39, 0.29) is 24.3 Å². The van der Waals surface area contributed by atoms with E-state index in [1.54, 1.807) is 0 Å². The maximum absolute atomic E-state index is 13.3. The van der Waals surface area contributed by atoms with Gasteiger partial charge in [0, 0.05) is 37.3 Å². The van der Waals surface area contributed by atoms with Crippen molar-refractivity contribution in [3.8, 4) is 0 Å². The Bertz CT molecular complexity index is 915. The van der Waals surface area contributed by atoms with Crippen molar-refractivity contribution in [1.82, 2.24) is 20.9 Å². The van der Waals surface area contributed by atoms with Crippen LogP contribution in [0.5, 0.6) is 0 Å². The fourth-order valence-corrected chi connectivity index (χ4v) is 4.82. The number of carbonyl (C=O) groups excluding carboxylic acids is 2. The molecule has 0 aromatic heterocycles. The third kappa shape index (κ3) is 4.64. The lowest BCUT2D eigenvalue weighted by Crippen LogP contribution is -2.66. The topological polar surface area (TPSA) is 82.7 Å². The second-order valence-electron chi connectivity index (χ2n) is 8.83. The van der Waals surface area contributed by atoms with E-state index < -0.39 is 17.8 Å². The van der Waals surface area contributed by atoms with E-state index in [1.165, 1.54) is 12.8 Å². The Morgan fingerprint density at radius 3 is 2.24 bits per heavy atom. The molecule has 5 rings (SSSR count). The van der Waals surface area contributed by atoms with Gasteiger partial charge in [-0.05, 0) is 25.3 Å². The molecule has 3 N–H and O–H groups in total. The van der Waals surface area contributed by atoms with Gasteiger partial charge in [0.2, 0.25) is 11.6 Å². The molecule has 33 heavy (non-hydrogen) atoms. The Labute approximate surface area is 200 Å². The van der Waals surface area contributed by atoms with Crippen molar-refractivity contribution in [2.24, 2.45) is 5.92 Å². The summed E-state index contributed by atoms with van der Waals surface area (Å²) in [6.07, 6.45) is 2.61. The van der Waals surface area contributed by atoms with Gasteiger partial charge in [-0.3, -0.25) is 9.59 Å². The highest BCUT2D eigenvalue weighted by Gasteiger charge is 2.60. The summed E-state index contributed by atoms with van der Waals surface area (Å²) in [5.74, 6) is 0.401. The largest absolute Gasteiger partial charge is 0.434 e. The zero-order valence-corrected chi connectivity index (χ0v) is 19.4. The molecule has 3 aliphatic rings. The molecule has 2 unspecified atom stereocenters. The highest BCUT2D eigenvalue weighted by Crippen LogP contribution is 2.45. The average Bonchev–Trinajstić information content (AvgIpc) is 3.62. The van der Waals surface area contributed by atoms with Crippen LogP contribution in [0.2, 0.25) is 0 Å². The third-order valence-corrected chi connectivity index (χ3v) is 6.59. The summed E-state index contributed by atoms with van der Waals surface area (Å²) in [5, 5.41) is 9.73. The van der Waals surface area contributed by atoms with Crippen LogP contribution in [0.4, 0.5) is 0 Å². The third-order valence-electron chi connectivity index (χ3n) is 6.59. The number of halogens is 1. The zero-order valence-electron chi connectivity index (χ0n) is 18.5. The molecular formula is C25H31ClN4O3. The van der Waals surface area contributed by atoms with Crippen LogP contribution in [-0.4, -0.2) is 61.6 Å². The lowest BCUT2D eigenvalue weighted by molar-refractivity contribution is -0.153. The van der Waals surface area contributed by atoms with Gasteiger partial charge in [-0.15, -0.1) is 12.4 Å². The van der Waals surface area contributed by atoms with Gasteiger partial charge in [0.15, 0.2) is 0 Å². The van der Waals surface area contributed by atoms with Crippen molar-refractivity contribution in [1.29, 1.82) is 0 Å². The van der Waals surface area contributed by atoms with E-state index in [1.807, 2.05) is 65.6 Å². The maximum Gasteiger partial charge on any atom is 0.327 e. The second kappa shape index (κ2) is 10.2. The van der Waals surface area contributed by atoms with E-state index in [0.29, 0.717) is 19.6 Å². The minimum atomic E-state index is -1.14. The fourth-order valence-electron chi connectivity index (χ4n) is 4.82. The number of benzene rings is 2. The number of carbonyl (C=O) groups is 2. The van der Waals surface area contributed by atoms with Gasteiger partial charge < -0.3 is 20.7 Å². The first-order chi connectivity index (χ1) is 15.7. The normalized spacial score (nSPS) is 23.8. The summed E-state index contributed by atoms with van der Waals surface area (Å²) >= 11 is 0. The average molecular weight is 471 g/mol. The molecule has 2 heterocycles. The second-order valence-corrected chi connectivity index (χ2v) is 8.83. The van der Waals surface area contributed by atoms with Crippen molar-refractivity contribution in [3.05, 3.63) is 71.8 Å². The number of piperazine rings is 1. The van der Waals surface area contributed by atoms with E-state index >= 15 is 0 Å². The molecule has 2 aromatic carbocycles.